The second-order valence-electron chi connectivity index (χ2n) is 3.68. The van der Waals surface area contributed by atoms with Gasteiger partial charge in [0.2, 0.25) is 5.89 Å². The molecule has 1 aromatic carbocycles. The van der Waals surface area contributed by atoms with Crippen molar-refractivity contribution in [1.29, 1.82) is 0 Å². The number of hydrogen-bond donors (Lipinski definition) is 1. The smallest absolute Gasteiger partial charge is 0.309 e. The SMILES string of the molecule is CCOc1cccc(-c2nc(CC(=O)O)co2)c1. The summed E-state index contributed by atoms with van der Waals surface area (Å²) in [5, 5.41) is 8.66. The maximum atomic E-state index is 10.6. The normalized spacial score (nSPS) is 10.3. The van der Waals surface area contributed by atoms with Crippen LogP contribution in [0.1, 0.15) is 12.6 Å². The Kier molecular flexibility index (Phi) is 3.62. The van der Waals surface area contributed by atoms with Crippen LogP contribution in [0.4, 0.5) is 0 Å². The molecule has 0 spiro atoms. The second-order valence-corrected chi connectivity index (χ2v) is 3.68. The van der Waals surface area contributed by atoms with Crippen LogP contribution in [0.3, 0.4) is 0 Å². The van der Waals surface area contributed by atoms with Crippen molar-refractivity contribution in [2.24, 2.45) is 0 Å². The molecule has 0 aliphatic carbocycles. The van der Waals surface area contributed by atoms with Gasteiger partial charge in [-0.3, -0.25) is 4.79 Å². The zero-order chi connectivity index (χ0) is 13.0. The first-order valence-electron chi connectivity index (χ1n) is 5.58. The zero-order valence-corrected chi connectivity index (χ0v) is 9.92. The van der Waals surface area contributed by atoms with E-state index in [1.54, 1.807) is 6.07 Å². The van der Waals surface area contributed by atoms with Crippen molar-refractivity contribution in [2.45, 2.75) is 13.3 Å². The molecule has 2 rings (SSSR count). The molecule has 0 atom stereocenters. The second kappa shape index (κ2) is 5.35. The molecule has 94 valence electrons. The minimum atomic E-state index is -0.932. The summed E-state index contributed by atoms with van der Waals surface area (Å²) >= 11 is 0. The highest BCUT2D eigenvalue weighted by atomic mass is 16.5. The Morgan fingerprint density at radius 2 is 2.33 bits per heavy atom. The van der Waals surface area contributed by atoms with Gasteiger partial charge in [-0.25, -0.2) is 4.98 Å². The van der Waals surface area contributed by atoms with E-state index in [2.05, 4.69) is 4.98 Å². The first-order chi connectivity index (χ1) is 8.69. The van der Waals surface area contributed by atoms with E-state index in [9.17, 15) is 4.79 Å². The summed E-state index contributed by atoms with van der Waals surface area (Å²) in [6.45, 7) is 2.49. The van der Waals surface area contributed by atoms with Crippen LogP contribution < -0.4 is 4.74 Å². The molecule has 0 radical (unpaired) electrons. The van der Waals surface area contributed by atoms with E-state index in [1.807, 2.05) is 25.1 Å². The number of carboxylic acids is 1. The van der Waals surface area contributed by atoms with Gasteiger partial charge >= 0.3 is 5.97 Å². The van der Waals surface area contributed by atoms with Gasteiger partial charge in [0.25, 0.3) is 0 Å². The summed E-state index contributed by atoms with van der Waals surface area (Å²) in [6.07, 6.45) is 1.21. The molecule has 18 heavy (non-hydrogen) atoms. The molecule has 5 nitrogen and oxygen atoms in total. The predicted octanol–water partition coefficient (Wildman–Crippen LogP) is 2.37. The molecule has 2 aromatic rings. The predicted molar refractivity (Wildman–Crippen MR) is 64.4 cm³/mol. The molecular weight excluding hydrogens is 234 g/mol. The lowest BCUT2D eigenvalue weighted by atomic mass is 10.2. The van der Waals surface area contributed by atoms with Gasteiger partial charge in [0, 0.05) is 5.56 Å². The van der Waals surface area contributed by atoms with Gasteiger partial charge in [-0.15, -0.1) is 0 Å². The van der Waals surface area contributed by atoms with Crippen LogP contribution in [0.2, 0.25) is 0 Å². The van der Waals surface area contributed by atoms with Gasteiger partial charge in [-0.2, -0.15) is 0 Å². The quantitative estimate of drug-likeness (QED) is 0.878. The maximum Gasteiger partial charge on any atom is 0.309 e. The van der Waals surface area contributed by atoms with Crippen LogP contribution in [0.25, 0.3) is 11.5 Å². The third-order valence-electron chi connectivity index (χ3n) is 2.28. The minimum Gasteiger partial charge on any atom is -0.494 e. The van der Waals surface area contributed by atoms with E-state index < -0.39 is 5.97 Å². The average molecular weight is 247 g/mol. The van der Waals surface area contributed by atoms with E-state index in [4.69, 9.17) is 14.3 Å². The van der Waals surface area contributed by atoms with Crippen molar-refractivity contribution in [3.05, 3.63) is 36.2 Å². The van der Waals surface area contributed by atoms with E-state index >= 15 is 0 Å². The maximum absolute atomic E-state index is 10.6. The van der Waals surface area contributed by atoms with Crippen LogP contribution in [0, 0.1) is 0 Å². The van der Waals surface area contributed by atoms with Crippen LogP contribution in [-0.4, -0.2) is 22.7 Å². The van der Waals surface area contributed by atoms with Gasteiger partial charge in [0.1, 0.15) is 12.0 Å². The monoisotopic (exact) mass is 247 g/mol. The third-order valence-corrected chi connectivity index (χ3v) is 2.28. The summed E-state index contributed by atoms with van der Waals surface area (Å²) < 4.78 is 10.6. The molecule has 0 unspecified atom stereocenters. The number of oxazole rings is 1. The van der Waals surface area contributed by atoms with Gasteiger partial charge in [0.05, 0.1) is 18.7 Å². The highest BCUT2D eigenvalue weighted by Crippen LogP contribution is 2.23. The van der Waals surface area contributed by atoms with Gasteiger partial charge in [-0.05, 0) is 25.1 Å². The number of ether oxygens (including phenoxy) is 1. The molecule has 0 aliphatic rings. The van der Waals surface area contributed by atoms with Crippen LogP contribution in [-0.2, 0) is 11.2 Å². The lowest BCUT2D eigenvalue weighted by Crippen LogP contribution is -1.99. The standard InChI is InChI=1S/C13H13NO4/c1-2-17-11-5-3-4-9(6-11)13-14-10(8-18-13)7-12(15)16/h3-6,8H,2,7H2,1H3,(H,15,16). The Morgan fingerprint density at radius 3 is 3.06 bits per heavy atom. The fourth-order valence-electron chi connectivity index (χ4n) is 1.56. The summed E-state index contributed by atoms with van der Waals surface area (Å²) in [5.41, 5.74) is 1.16. The zero-order valence-electron chi connectivity index (χ0n) is 9.92. The lowest BCUT2D eigenvalue weighted by molar-refractivity contribution is -0.136. The molecule has 1 heterocycles. The number of carbonyl (C=O) groups is 1. The molecule has 0 saturated heterocycles. The number of hydrogen-bond acceptors (Lipinski definition) is 4. The van der Waals surface area contributed by atoms with Crippen molar-refractivity contribution in [3.8, 4) is 17.2 Å². The highest BCUT2D eigenvalue weighted by molar-refractivity contribution is 5.69. The molecule has 0 saturated carbocycles. The molecule has 0 bridgehead atoms. The van der Waals surface area contributed by atoms with Crippen molar-refractivity contribution in [1.82, 2.24) is 4.98 Å². The number of nitrogens with zero attached hydrogens (tertiary/aromatic N) is 1. The summed E-state index contributed by atoms with van der Waals surface area (Å²) in [6, 6.07) is 7.31. The van der Waals surface area contributed by atoms with Crippen molar-refractivity contribution in [3.63, 3.8) is 0 Å². The number of aliphatic carboxylic acids is 1. The number of aromatic nitrogens is 1. The van der Waals surface area contributed by atoms with E-state index in [-0.39, 0.29) is 6.42 Å². The summed E-state index contributed by atoms with van der Waals surface area (Å²) in [5.74, 6) is 0.193. The largest absolute Gasteiger partial charge is 0.494 e. The van der Waals surface area contributed by atoms with E-state index in [0.29, 0.717) is 18.2 Å². The summed E-state index contributed by atoms with van der Waals surface area (Å²) in [4.78, 5) is 14.7. The minimum absolute atomic E-state index is 0.144. The topological polar surface area (TPSA) is 72.6 Å². The van der Waals surface area contributed by atoms with Crippen molar-refractivity contribution < 1.29 is 19.1 Å². The fourth-order valence-corrected chi connectivity index (χ4v) is 1.56. The van der Waals surface area contributed by atoms with E-state index in [0.717, 1.165) is 11.3 Å². The Balaban J connectivity index is 2.22. The van der Waals surface area contributed by atoms with Crippen LogP contribution >= 0.6 is 0 Å². The first-order valence-corrected chi connectivity index (χ1v) is 5.58. The van der Waals surface area contributed by atoms with Crippen LogP contribution in [0.15, 0.2) is 34.9 Å². The number of carboxylic acid groups (broad SMARTS) is 1. The average Bonchev–Trinajstić information content (AvgIpc) is 2.77. The first kappa shape index (κ1) is 12.2. The van der Waals surface area contributed by atoms with Crippen molar-refractivity contribution >= 4 is 5.97 Å². The Hall–Kier alpha value is -2.30. The highest BCUT2D eigenvalue weighted by Gasteiger charge is 2.10. The molecule has 0 fully saturated rings. The van der Waals surface area contributed by atoms with Crippen LogP contribution in [0.5, 0.6) is 5.75 Å². The fraction of sp³-hybridized carbons (Fsp3) is 0.231. The Labute approximate surface area is 104 Å². The molecule has 5 heteroatoms. The van der Waals surface area contributed by atoms with E-state index in [1.165, 1.54) is 6.26 Å². The molecule has 0 amide bonds. The Bertz CT molecular complexity index is 547. The third kappa shape index (κ3) is 2.88. The summed E-state index contributed by atoms with van der Waals surface area (Å²) in [7, 11) is 0. The van der Waals surface area contributed by atoms with Gasteiger partial charge in [0.15, 0.2) is 0 Å². The molecular formula is C13H13NO4. The number of rotatable bonds is 5. The van der Waals surface area contributed by atoms with Gasteiger partial charge < -0.3 is 14.3 Å². The lowest BCUT2D eigenvalue weighted by Gasteiger charge is -2.03. The molecule has 1 N–H and O–H groups in total. The molecule has 0 aliphatic heterocycles. The number of benzene rings is 1. The Morgan fingerprint density at radius 1 is 1.50 bits per heavy atom. The van der Waals surface area contributed by atoms with Gasteiger partial charge in [-0.1, -0.05) is 6.07 Å². The molecule has 1 aromatic heterocycles. The van der Waals surface area contributed by atoms with Crippen molar-refractivity contribution in [2.75, 3.05) is 6.61 Å².